The van der Waals surface area contributed by atoms with Crippen molar-refractivity contribution in [3.63, 3.8) is 0 Å². The van der Waals surface area contributed by atoms with E-state index in [1.54, 1.807) is 4.90 Å². The number of piperidine rings is 1. The zero-order chi connectivity index (χ0) is 21.8. The number of benzene rings is 1. The van der Waals surface area contributed by atoms with Crippen molar-refractivity contribution < 1.29 is 14.4 Å². The molecule has 31 heavy (non-hydrogen) atoms. The Kier molecular flexibility index (Phi) is 6.60. The summed E-state index contributed by atoms with van der Waals surface area (Å²) >= 11 is 0.975. The Morgan fingerprint density at radius 2 is 1.71 bits per heavy atom. The highest BCUT2D eigenvalue weighted by molar-refractivity contribution is 7.15. The molecule has 1 saturated carbocycles. The van der Waals surface area contributed by atoms with Crippen LogP contribution in [0.2, 0.25) is 0 Å². The molecule has 2 N–H and O–H groups in total. The van der Waals surface area contributed by atoms with Gasteiger partial charge in [-0.25, -0.2) is 0 Å². The predicted octanol–water partition coefficient (Wildman–Crippen LogP) is 3.01. The Balaban J connectivity index is 1.35. The minimum atomic E-state index is -0.395. The molecular weight excluding hydrogens is 414 g/mol. The molecule has 2 fully saturated rings. The van der Waals surface area contributed by atoms with Gasteiger partial charge >= 0.3 is 0 Å². The number of aromatic nitrogens is 2. The fourth-order valence-electron chi connectivity index (χ4n) is 4.12. The Labute approximate surface area is 185 Å². The molecule has 164 valence electrons. The largest absolute Gasteiger partial charge is 0.353 e. The topological polar surface area (TPSA) is 104 Å². The molecule has 1 saturated heterocycles. The van der Waals surface area contributed by atoms with Crippen molar-refractivity contribution in [1.82, 2.24) is 20.4 Å². The maximum absolute atomic E-state index is 12.9. The summed E-state index contributed by atoms with van der Waals surface area (Å²) in [6, 6.07) is 7.70. The number of anilines is 1. The number of rotatable bonds is 5. The highest BCUT2D eigenvalue weighted by atomic mass is 32.1. The number of hydrogen-bond donors (Lipinski definition) is 2. The first kappa shape index (κ1) is 21.4. The highest BCUT2D eigenvalue weighted by Crippen LogP contribution is 2.23. The van der Waals surface area contributed by atoms with E-state index in [4.69, 9.17) is 0 Å². The van der Waals surface area contributed by atoms with E-state index >= 15 is 0 Å². The van der Waals surface area contributed by atoms with Crippen LogP contribution >= 0.6 is 11.3 Å². The van der Waals surface area contributed by atoms with Crippen molar-refractivity contribution in [3.05, 3.63) is 39.8 Å². The van der Waals surface area contributed by atoms with Crippen molar-refractivity contribution in [1.29, 1.82) is 0 Å². The van der Waals surface area contributed by atoms with E-state index in [2.05, 4.69) is 20.8 Å². The van der Waals surface area contributed by atoms with Gasteiger partial charge < -0.3 is 15.5 Å². The summed E-state index contributed by atoms with van der Waals surface area (Å²) in [5.74, 6) is -0.825. The first-order valence-corrected chi connectivity index (χ1v) is 11.6. The summed E-state index contributed by atoms with van der Waals surface area (Å²) in [5, 5.41) is 14.0. The molecule has 9 heteroatoms. The Morgan fingerprint density at radius 3 is 2.45 bits per heavy atom. The van der Waals surface area contributed by atoms with E-state index < -0.39 is 5.91 Å². The van der Waals surface area contributed by atoms with Crippen LogP contribution in [-0.2, 0) is 4.79 Å². The van der Waals surface area contributed by atoms with Crippen LogP contribution in [0.5, 0.6) is 0 Å². The monoisotopic (exact) mass is 441 g/mol. The van der Waals surface area contributed by atoms with Crippen molar-refractivity contribution in [3.8, 4) is 0 Å². The number of hydrogen-bond acceptors (Lipinski definition) is 6. The second kappa shape index (κ2) is 9.55. The highest BCUT2D eigenvalue weighted by Gasteiger charge is 2.32. The predicted molar refractivity (Wildman–Crippen MR) is 118 cm³/mol. The summed E-state index contributed by atoms with van der Waals surface area (Å²) in [4.78, 5) is 39.6. The standard InChI is InChI=1S/C22H27N5O3S/c1-14-8-10-17(11-9-14)24-19(29)20-25-26-21(31-20)22(30)27-12-4-5-15(13-27)18(28)23-16-6-2-3-7-16/h8-11,15-16H,2-7,12-13H2,1H3,(H,23,28)(H,24,29)/t15-/m0/s1. The lowest BCUT2D eigenvalue weighted by Crippen LogP contribution is -2.47. The lowest BCUT2D eigenvalue weighted by molar-refractivity contribution is -0.127. The molecule has 3 amide bonds. The van der Waals surface area contributed by atoms with E-state index in [1.165, 1.54) is 0 Å². The normalized spacial score (nSPS) is 19.3. The van der Waals surface area contributed by atoms with Gasteiger partial charge in [0.2, 0.25) is 15.9 Å². The molecule has 2 heterocycles. The minimum Gasteiger partial charge on any atom is -0.353 e. The van der Waals surface area contributed by atoms with Gasteiger partial charge in [-0.05, 0) is 44.7 Å². The molecule has 1 atom stereocenters. The molecule has 0 bridgehead atoms. The summed E-state index contributed by atoms with van der Waals surface area (Å²) in [6.07, 6.45) is 5.96. The lowest BCUT2D eigenvalue weighted by Gasteiger charge is -2.32. The molecule has 0 unspecified atom stereocenters. The first-order chi connectivity index (χ1) is 15.0. The summed E-state index contributed by atoms with van der Waals surface area (Å²) in [7, 11) is 0. The molecule has 1 aromatic heterocycles. The summed E-state index contributed by atoms with van der Waals surface area (Å²) in [6.45, 7) is 2.93. The number of carbonyl (C=O) groups is 3. The van der Waals surface area contributed by atoms with Crippen LogP contribution in [0, 0.1) is 12.8 Å². The number of likely N-dealkylation sites (tertiary alicyclic amines) is 1. The summed E-state index contributed by atoms with van der Waals surface area (Å²) < 4.78 is 0. The Bertz CT molecular complexity index is 952. The van der Waals surface area contributed by atoms with Gasteiger partial charge in [-0.15, -0.1) is 10.2 Å². The minimum absolute atomic E-state index is 0.0415. The second-order valence-corrected chi connectivity index (χ2v) is 9.29. The quantitative estimate of drug-likeness (QED) is 0.742. The average molecular weight is 442 g/mol. The number of carbonyl (C=O) groups excluding carboxylic acids is 3. The van der Waals surface area contributed by atoms with E-state index in [9.17, 15) is 14.4 Å². The Hall–Kier alpha value is -2.81. The van der Waals surface area contributed by atoms with E-state index in [0.717, 1.165) is 55.4 Å². The second-order valence-electron chi connectivity index (χ2n) is 8.31. The van der Waals surface area contributed by atoms with Crippen LogP contribution in [0.4, 0.5) is 5.69 Å². The SMILES string of the molecule is Cc1ccc(NC(=O)c2nnc(C(=O)N3CCC[C@H](C(=O)NC4CCCC4)C3)s2)cc1. The molecule has 8 nitrogen and oxygen atoms in total. The van der Waals surface area contributed by atoms with Gasteiger partial charge in [0.25, 0.3) is 11.8 Å². The van der Waals surface area contributed by atoms with Crippen molar-refractivity contribution in [2.45, 2.75) is 51.5 Å². The molecule has 1 aliphatic carbocycles. The molecule has 2 aliphatic rings. The van der Waals surface area contributed by atoms with Gasteiger partial charge in [-0.3, -0.25) is 14.4 Å². The molecule has 0 radical (unpaired) electrons. The van der Waals surface area contributed by atoms with Crippen molar-refractivity contribution >= 4 is 34.7 Å². The van der Waals surface area contributed by atoms with E-state index in [0.29, 0.717) is 18.8 Å². The third-order valence-electron chi connectivity index (χ3n) is 5.89. The molecule has 0 spiro atoms. The molecular formula is C22H27N5O3S. The van der Waals surface area contributed by atoms with Gasteiger partial charge in [0.05, 0.1) is 5.92 Å². The van der Waals surface area contributed by atoms with E-state index in [-0.39, 0.29) is 33.8 Å². The molecule has 1 aliphatic heterocycles. The van der Waals surface area contributed by atoms with Crippen LogP contribution in [0.25, 0.3) is 0 Å². The van der Waals surface area contributed by atoms with Crippen LogP contribution in [0.1, 0.15) is 63.7 Å². The summed E-state index contributed by atoms with van der Waals surface area (Å²) in [5.41, 5.74) is 1.75. The van der Waals surface area contributed by atoms with Crippen molar-refractivity contribution in [2.75, 3.05) is 18.4 Å². The van der Waals surface area contributed by atoms with Gasteiger partial charge in [-0.1, -0.05) is 41.9 Å². The number of nitrogens with one attached hydrogen (secondary N) is 2. The molecule has 2 aromatic rings. The molecule has 4 rings (SSSR count). The third kappa shape index (κ3) is 5.28. The van der Waals surface area contributed by atoms with Crippen LogP contribution in [-0.4, -0.2) is 52.0 Å². The number of aryl methyl sites for hydroxylation is 1. The average Bonchev–Trinajstić information content (AvgIpc) is 3.47. The van der Waals surface area contributed by atoms with Crippen LogP contribution in [0.3, 0.4) is 0 Å². The van der Waals surface area contributed by atoms with Gasteiger partial charge in [0, 0.05) is 24.8 Å². The third-order valence-corrected chi connectivity index (χ3v) is 6.80. The van der Waals surface area contributed by atoms with E-state index in [1.807, 2.05) is 31.2 Å². The van der Waals surface area contributed by atoms with Gasteiger partial charge in [0.1, 0.15) is 0 Å². The zero-order valence-corrected chi connectivity index (χ0v) is 18.4. The maximum atomic E-state index is 12.9. The maximum Gasteiger partial charge on any atom is 0.286 e. The fourth-order valence-corrected chi connectivity index (χ4v) is 4.83. The number of nitrogens with zero attached hydrogens (tertiary/aromatic N) is 3. The van der Waals surface area contributed by atoms with Crippen molar-refractivity contribution in [2.24, 2.45) is 5.92 Å². The van der Waals surface area contributed by atoms with Crippen LogP contribution in [0.15, 0.2) is 24.3 Å². The van der Waals surface area contributed by atoms with Gasteiger partial charge in [-0.2, -0.15) is 0 Å². The lowest BCUT2D eigenvalue weighted by atomic mass is 9.96. The van der Waals surface area contributed by atoms with Crippen LogP contribution < -0.4 is 10.6 Å². The first-order valence-electron chi connectivity index (χ1n) is 10.8. The number of amides is 3. The zero-order valence-electron chi connectivity index (χ0n) is 17.6. The Morgan fingerprint density at radius 1 is 1.00 bits per heavy atom. The smallest absolute Gasteiger partial charge is 0.286 e. The fraction of sp³-hybridized carbons (Fsp3) is 0.500. The van der Waals surface area contributed by atoms with Gasteiger partial charge in [0.15, 0.2) is 0 Å². The molecule has 1 aromatic carbocycles.